The van der Waals surface area contributed by atoms with Gasteiger partial charge in [-0.2, -0.15) is 79.0 Å². The molecule has 0 radical (unpaired) electrons. The Morgan fingerprint density at radius 1 is 0.500 bits per heavy atom. The van der Waals surface area contributed by atoms with Gasteiger partial charge in [0.2, 0.25) is 0 Å². The minimum absolute atomic E-state index is 0.557. The lowest BCUT2D eigenvalue weighted by molar-refractivity contribution is -0.449. The van der Waals surface area contributed by atoms with Crippen LogP contribution in [0.3, 0.4) is 0 Å². The van der Waals surface area contributed by atoms with Crippen LogP contribution in [-0.2, 0) is 4.79 Å². The van der Waals surface area contributed by atoms with Gasteiger partial charge >= 0.3 is 53.7 Å². The number of halogens is 18. The molecule has 0 aromatic heterocycles. The van der Waals surface area contributed by atoms with Crippen LogP contribution in [0, 0.1) is 0 Å². The van der Waals surface area contributed by atoms with Crippen LogP contribution in [0.2, 0.25) is 0 Å². The van der Waals surface area contributed by atoms with Gasteiger partial charge in [-0.1, -0.05) is 0 Å². The molecule has 1 amide bonds. The average Bonchev–Trinajstić information content (AvgIpc) is 2.52. The molecule has 0 aliphatic heterocycles. The molecule has 0 unspecified atom stereocenters. The smallest absolute Gasteiger partial charge is 0.292 e. The summed E-state index contributed by atoms with van der Waals surface area (Å²) in [4.78, 5) is 10.6. The van der Waals surface area contributed by atoms with E-state index in [9.17, 15) is 83.8 Å². The van der Waals surface area contributed by atoms with Crippen molar-refractivity contribution < 1.29 is 83.8 Å². The molecule has 0 rings (SSSR count). The number of hydrogen-bond acceptors (Lipinski definition) is 1. The maximum atomic E-state index is 13.2. The van der Waals surface area contributed by atoms with Crippen molar-refractivity contribution >= 4 is 5.91 Å². The Morgan fingerprint density at radius 2 is 0.800 bits per heavy atom. The van der Waals surface area contributed by atoms with Gasteiger partial charge in [0.15, 0.2) is 0 Å². The topological polar surface area (TPSA) is 29.1 Å². The molecule has 0 saturated heterocycles. The zero-order valence-corrected chi connectivity index (χ0v) is 12.7. The Labute approximate surface area is 150 Å². The lowest BCUT2D eigenvalue weighted by Crippen LogP contribution is -2.73. The molecule has 30 heavy (non-hydrogen) atoms. The van der Waals surface area contributed by atoms with Gasteiger partial charge < -0.3 is 0 Å². The number of carbonyl (C=O) groups excluding carboxylic acids is 1. The summed E-state index contributed by atoms with van der Waals surface area (Å²) in [6.07, 6.45) is -11.6. The highest BCUT2D eigenvalue weighted by Crippen LogP contribution is 2.62. The molecule has 0 atom stereocenters. The first-order valence-corrected chi connectivity index (χ1v) is 6.11. The Bertz CT molecular complexity index is 698. The standard InChI is InChI=1S/C10HF18NO/c11-1(12)2(13)29-3(30)4(14,15)5(16,17)6(18,19)7(20,21)8(22,23)9(24,25)10(26,27)28/h(H,29,30). The zero-order chi connectivity index (χ0) is 24.9. The average molecular weight is 493 g/mol. The lowest BCUT2D eigenvalue weighted by Gasteiger charge is -2.41. The number of nitrogens with one attached hydrogen (secondary N) is 1. The molecule has 0 aliphatic carbocycles. The van der Waals surface area contributed by atoms with Gasteiger partial charge in [-0.15, -0.1) is 0 Å². The van der Waals surface area contributed by atoms with E-state index in [0.29, 0.717) is 0 Å². The van der Waals surface area contributed by atoms with Crippen molar-refractivity contribution in [1.29, 1.82) is 0 Å². The normalized spacial score (nSPS) is 15.1. The molecular weight excluding hydrogens is 492 g/mol. The van der Waals surface area contributed by atoms with E-state index in [1.807, 2.05) is 0 Å². The third-order valence-corrected chi connectivity index (χ3v) is 3.00. The number of alkyl halides is 15. The van der Waals surface area contributed by atoms with Crippen molar-refractivity contribution in [3.63, 3.8) is 0 Å². The van der Waals surface area contributed by atoms with Gasteiger partial charge in [0.05, 0.1) is 0 Å². The maximum absolute atomic E-state index is 13.2. The van der Waals surface area contributed by atoms with E-state index in [4.69, 9.17) is 0 Å². The minimum atomic E-state index is -8.66. The van der Waals surface area contributed by atoms with Crippen molar-refractivity contribution in [3.05, 3.63) is 12.0 Å². The molecule has 2 nitrogen and oxygen atoms in total. The Kier molecular flexibility index (Phi) is 6.78. The summed E-state index contributed by atoms with van der Waals surface area (Å²) in [5.74, 6) is -57.7. The van der Waals surface area contributed by atoms with Gasteiger partial charge in [-0.05, 0) is 0 Å². The first-order valence-electron chi connectivity index (χ1n) is 6.11. The van der Waals surface area contributed by atoms with Gasteiger partial charge in [-0.25, -0.2) is 0 Å². The summed E-state index contributed by atoms with van der Waals surface area (Å²) in [6, 6.07) is 0. The number of rotatable bonds is 7. The molecule has 0 heterocycles. The Morgan fingerprint density at radius 3 is 1.10 bits per heavy atom. The first-order chi connectivity index (χ1) is 12.7. The van der Waals surface area contributed by atoms with Crippen LogP contribution in [-0.4, -0.2) is 47.6 Å². The molecular formula is C10HF18NO. The van der Waals surface area contributed by atoms with E-state index in [1.54, 1.807) is 0 Å². The minimum Gasteiger partial charge on any atom is -0.292 e. The molecule has 1 N–H and O–H groups in total. The summed E-state index contributed by atoms with van der Waals surface area (Å²) >= 11 is 0. The number of hydrogen-bond donors (Lipinski definition) is 1. The Balaban J connectivity index is 6.56. The van der Waals surface area contributed by atoms with Crippen molar-refractivity contribution in [2.24, 2.45) is 0 Å². The van der Waals surface area contributed by atoms with Crippen LogP contribution in [0.15, 0.2) is 12.0 Å². The highest BCUT2D eigenvalue weighted by Gasteiger charge is 2.94. The van der Waals surface area contributed by atoms with Crippen molar-refractivity contribution in [3.8, 4) is 0 Å². The van der Waals surface area contributed by atoms with Crippen LogP contribution < -0.4 is 5.32 Å². The van der Waals surface area contributed by atoms with E-state index in [0.717, 1.165) is 0 Å². The second-order valence-corrected chi connectivity index (χ2v) is 4.97. The van der Waals surface area contributed by atoms with Crippen LogP contribution in [0.4, 0.5) is 79.0 Å². The molecule has 0 bridgehead atoms. The van der Waals surface area contributed by atoms with Crippen LogP contribution >= 0.6 is 0 Å². The van der Waals surface area contributed by atoms with Gasteiger partial charge in [-0.3, -0.25) is 10.1 Å². The van der Waals surface area contributed by atoms with Crippen LogP contribution in [0.5, 0.6) is 0 Å². The zero-order valence-electron chi connectivity index (χ0n) is 12.7. The fraction of sp³-hybridized carbons (Fsp3) is 0.700. The highest BCUT2D eigenvalue weighted by molar-refractivity contribution is 5.86. The SMILES string of the molecule is O=C(NC(F)=C(F)F)C(F)(F)C(F)(F)C(F)(F)C(F)(F)C(F)(F)C(F)(F)C(F)(F)F. The van der Waals surface area contributed by atoms with Gasteiger partial charge in [0.1, 0.15) is 0 Å². The third-order valence-electron chi connectivity index (χ3n) is 3.00. The fourth-order valence-corrected chi connectivity index (χ4v) is 1.33. The second kappa shape index (κ2) is 7.27. The lowest BCUT2D eigenvalue weighted by atomic mass is 9.91. The van der Waals surface area contributed by atoms with Crippen LogP contribution in [0.1, 0.15) is 0 Å². The molecule has 0 aliphatic rings. The summed E-state index contributed by atoms with van der Waals surface area (Å²) in [6.45, 7) is 0. The molecule has 0 spiro atoms. The summed E-state index contributed by atoms with van der Waals surface area (Å²) in [7, 11) is 0. The van der Waals surface area contributed by atoms with E-state index in [2.05, 4.69) is 0 Å². The Hall–Kier alpha value is -2.05. The highest BCUT2D eigenvalue weighted by atomic mass is 19.4. The predicted molar refractivity (Wildman–Crippen MR) is 54.2 cm³/mol. The molecule has 0 fully saturated rings. The van der Waals surface area contributed by atoms with E-state index < -0.39 is 65.0 Å². The largest absolute Gasteiger partial charge is 0.460 e. The molecule has 20 heteroatoms. The first kappa shape index (κ1) is 27.9. The fourth-order valence-electron chi connectivity index (χ4n) is 1.33. The quantitative estimate of drug-likeness (QED) is 0.368. The monoisotopic (exact) mass is 493 g/mol. The summed E-state index contributed by atoms with van der Waals surface area (Å²) < 4.78 is 226. The second-order valence-electron chi connectivity index (χ2n) is 4.97. The van der Waals surface area contributed by atoms with E-state index >= 15 is 0 Å². The molecule has 178 valence electrons. The maximum Gasteiger partial charge on any atom is 0.460 e. The van der Waals surface area contributed by atoms with Gasteiger partial charge in [0.25, 0.3) is 5.95 Å². The molecule has 0 aromatic carbocycles. The summed E-state index contributed by atoms with van der Waals surface area (Å²) in [5, 5.41) is -0.557. The number of carbonyl (C=O) groups is 1. The van der Waals surface area contributed by atoms with Gasteiger partial charge in [0, 0.05) is 0 Å². The summed E-state index contributed by atoms with van der Waals surface area (Å²) in [5.41, 5.74) is 0. The van der Waals surface area contributed by atoms with Crippen molar-refractivity contribution in [2.45, 2.75) is 41.7 Å². The predicted octanol–water partition coefficient (Wildman–Crippen LogP) is 5.51. The van der Waals surface area contributed by atoms with E-state index in [1.165, 1.54) is 0 Å². The van der Waals surface area contributed by atoms with E-state index in [-0.39, 0.29) is 0 Å². The number of amides is 1. The van der Waals surface area contributed by atoms with Crippen LogP contribution in [0.25, 0.3) is 0 Å². The van der Waals surface area contributed by atoms with Crippen molar-refractivity contribution in [2.75, 3.05) is 0 Å². The molecule has 0 aromatic rings. The van der Waals surface area contributed by atoms with Crippen molar-refractivity contribution in [1.82, 2.24) is 5.32 Å². The third kappa shape index (κ3) is 3.71. The molecule has 0 saturated carbocycles.